The maximum atomic E-state index is 5.70. The van der Waals surface area contributed by atoms with Crippen LogP contribution in [0.1, 0.15) is 17.2 Å². The first-order valence-corrected chi connectivity index (χ1v) is 8.20. The molecule has 0 saturated carbocycles. The van der Waals surface area contributed by atoms with Gasteiger partial charge in [-0.05, 0) is 11.1 Å². The van der Waals surface area contributed by atoms with Gasteiger partial charge in [-0.25, -0.2) is 0 Å². The van der Waals surface area contributed by atoms with Crippen molar-refractivity contribution in [3.8, 4) is 0 Å². The Hall–Kier alpha value is -1.72. The van der Waals surface area contributed by atoms with Gasteiger partial charge in [0.05, 0.1) is 25.2 Å². The minimum Gasteiger partial charge on any atom is -0.383 e. The van der Waals surface area contributed by atoms with Crippen LogP contribution in [0.5, 0.6) is 0 Å². The highest BCUT2D eigenvalue weighted by Crippen LogP contribution is 2.42. The Balaban J connectivity index is 1.98. The first-order chi connectivity index (χ1) is 11.8. The third-order valence-electron chi connectivity index (χ3n) is 4.89. The molecular weight excluding hydrogens is 302 g/mol. The third kappa shape index (κ3) is 2.98. The Morgan fingerprint density at radius 3 is 1.83 bits per heavy atom. The summed E-state index contributed by atoms with van der Waals surface area (Å²) < 4.78 is 16.8. The van der Waals surface area contributed by atoms with E-state index in [4.69, 9.17) is 14.2 Å². The van der Waals surface area contributed by atoms with Gasteiger partial charge in [0.2, 0.25) is 0 Å². The number of ether oxygens (including phenoxy) is 3. The molecule has 1 atom stereocenters. The van der Waals surface area contributed by atoms with Gasteiger partial charge >= 0.3 is 0 Å². The Bertz CT molecular complexity index is 588. The smallest absolute Gasteiger partial charge is 0.198 e. The van der Waals surface area contributed by atoms with Gasteiger partial charge in [-0.3, -0.25) is 4.90 Å². The molecule has 24 heavy (non-hydrogen) atoms. The van der Waals surface area contributed by atoms with Gasteiger partial charge in [0.25, 0.3) is 0 Å². The molecule has 2 aromatic rings. The molecule has 128 valence electrons. The third-order valence-corrected chi connectivity index (χ3v) is 4.89. The number of nitrogens with zero attached hydrogens (tertiary/aromatic N) is 1. The van der Waals surface area contributed by atoms with Gasteiger partial charge in [0.15, 0.2) is 5.79 Å². The number of rotatable bonds is 7. The number of hydrogen-bond acceptors (Lipinski definition) is 4. The van der Waals surface area contributed by atoms with Gasteiger partial charge in [0, 0.05) is 21.3 Å². The number of methoxy groups -OCH3 is 3. The van der Waals surface area contributed by atoms with E-state index in [1.165, 1.54) is 11.1 Å². The molecule has 0 bridgehead atoms. The molecule has 0 N–H and O–H groups in total. The van der Waals surface area contributed by atoms with Gasteiger partial charge in [-0.2, -0.15) is 0 Å². The van der Waals surface area contributed by atoms with E-state index in [2.05, 4.69) is 53.4 Å². The van der Waals surface area contributed by atoms with Crippen molar-refractivity contribution in [2.45, 2.75) is 17.9 Å². The topological polar surface area (TPSA) is 30.9 Å². The zero-order chi connectivity index (χ0) is 17.0. The van der Waals surface area contributed by atoms with Gasteiger partial charge in [-0.15, -0.1) is 0 Å². The summed E-state index contributed by atoms with van der Waals surface area (Å²) in [5.41, 5.74) is 2.51. The van der Waals surface area contributed by atoms with E-state index < -0.39 is 5.79 Å². The standard InChI is InChI=1S/C20H25NO3/c1-22-14-18-20(23-2,24-3)15-21(18)19(16-10-6-4-7-11-16)17-12-8-5-9-13-17/h4-13,18-19H,14-15H2,1-3H3. The van der Waals surface area contributed by atoms with E-state index in [1.807, 2.05) is 12.1 Å². The van der Waals surface area contributed by atoms with E-state index in [-0.39, 0.29) is 12.1 Å². The molecule has 0 radical (unpaired) electrons. The molecule has 3 rings (SSSR count). The maximum Gasteiger partial charge on any atom is 0.198 e. The van der Waals surface area contributed by atoms with Crippen LogP contribution in [-0.4, -0.2) is 51.2 Å². The van der Waals surface area contributed by atoms with Crippen molar-refractivity contribution in [2.24, 2.45) is 0 Å². The van der Waals surface area contributed by atoms with Crippen LogP contribution in [0.4, 0.5) is 0 Å². The lowest BCUT2D eigenvalue weighted by Crippen LogP contribution is -2.73. The SMILES string of the molecule is COCC1N(C(c2ccccc2)c2ccccc2)CC1(OC)OC. The zero-order valence-electron chi connectivity index (χ0n) is 14.5. The molecule has 0 spiro atoms. The molecule has 1 saturated heterocycles. The van der Waals surface area contributed by atoms with Crippen LogP contribution in [0.25, 0.3) is 0 Å². The molecule has 0 aromatic heterocycles. The van der Waals surface area contributed by atoms with E-state index in [0.29, 0.717) is 13.2 Å². The monoisotopic (exact) mass is 327 g/mol. The fourth-order valence-corrected chi connectivity index (χ4v) is 3.59. The molecule has 1 unspecified atom stereocenters. The number of hydrogen-bond donors (Lipinski definition) is 0. The normalized spacial score (nSPS) is 20.1. The lowest BCUT2D eigenvalue weighted by Gasteiger charge is -2.57. The molecule has 1 aliphatic rings. The molecule has 1 fully saturated rings. The van der Waals surface area contributed by atoms with E-state index in [0.717, 1.165) is 0 Å². The van der Waals surface area contributed by atoms with Crippen LogP contribution in [0.3, 0.4) is 0 Å². The Morgan fingerprint density at radius 1 is 0.917 bits per heavy atom. The van der Waals surface area contributed by atoms with Gasteiger partial charge < -0.3 is 14.2 Å². The minimum absolute atomic E-state index is 0.0305. The second kappa shape index (κ2) is 7.45. The van der Waals surface area contributed by atoms with Crippen LogP contribution in [0.2, 0.25) is 0 Å². The van der Waals surface area contributed by atoms with E-state index in [1.54, 1.807) is 21.3 Å². The first-order valence-electron chi connectivity index (χ1n) is 8.20. The summed E-state index contributed by atoms with van der Waals surface area (Å²) in [5, 5.41) is 0. The van der Waals surface area contributed by atoms with E-state index in [9.17, 15) is 0 Å². The molecule has 0 aliphatic carbocycles. The predicted molar refractivity (Wildman–Crippen MR) is 93.8 cm³/mol. The zero-order valence-corrected chi connectivity index (χ0v) is 14.5. The van der Waals surface area contributed by atoms with E-state index >= 15 is 0 Å². The molecular formula is C20H25NO3. The summed E-state index contributed by atoms with van der Waals surface area (Å²) in [4.78, 5) is 2.39. The Morgan fingerprint density at radius 2 is 1.42 bits per heavy atom. The first kappa shape index (κ1) is 17.1. The highest BCUT2D eigenvalue weighted by Gasteiger charge is 2.56. The largest absolute Gasteiger partial charge is 0.383 e. The Kier molecular flexibility index (Phi) is 5.31. The molecule has 4 heteroatoms. The highest BCUT2D eigenvalue weighted by molar-refractivity contribution is 5.33. The quantitative estimate of drug-likeness (QED) is 0.731. The fraction of sp³-hybridized carbons (Fsp3) is 0.400. The maximum absolute atomic E-state index is 5.70. The summed E-state index contributed by atoms with van der Waals surface area (Å²) in [5.74, 6) is -0.613. The van der Waals surface area contributed by atoms with Crippen molar-refractivity contribution in [1.29, 1.82) is 0 Å². The number of benzene rings is 2. The predicted octanol–water partition coefficient (Wildman–Crippen LogP) is 3.10. The van der Waals surface area contributed by atoms with Crippen molar-refractivity contribution in [1.82, 2.24) is 4.90 Å². The van der Waals surface area contributed by atoms with Crippen molar-refractivity contribution in [3.63, 3.8) is 0 Å². The lowest BCUT2D eigenvalue weighted by molar-refractivity contribution is -0.322. The van der Waals surface area contributed by atoms with Crippen LogP contribution >= 0.6 is 0 Å². The van der Waals surface area contributed by atoms with Crippen LogP contribution in [0, 0.1) is 0 Å². The highest BCUT2D eigenvalue weighted by atomic mass is 16.7. The summed E-state index contributed by atoms with van der Waals surface area (Å²) in [7, 11) is 5.11. The second-order valence-electron chi connectivity index (χ2n) is 6.09. The van der Waals surface area contributed by atoms with Crippen molar-refractivity contribution < 1.29 is 14.2 Å². The molecule has 4 nitrogen and oxygen atoms in total. The average Bonchev–Trinajstić information content (AvgIpc) is 2.64. The van der Waals surface area contributed by atoms with Crippen molar-refractivity contribution in [3.05, 3.63) is 71.8 Å². The van der Waals surface area contributed by atoms with Crippen molar-refractivity contribution in [2.75, 3.05) is 34.5 Å². The number of likely N-dealkylation sites (tertiary alicyclic amines) is 1. The summed E-state index contributed by atoms with van der Waals surface area (Å²) >= 11 is 0. The summed E-state index contributed by atoms with van der Waals surface area (Å²) in [6, 6.07) is 21.3. The lowest BCUT2D eigenvalue weighted by atomic mass is 9.87. The fourth-order valence-electron chi connectivity index (χ4n) is 3.59. The summed E-state index contributed by atoms with van der Waals surface area (Å²) in [6.07, 6.45) is 0. The van der Waals surface area contributed by atoms with Crippen LogP contribution < -0.4 is 0 Å². The Labute approximate surface area is 144 Å². The van der Waals surface area contributed by atoms with Crippen LogP contribution in [0.15, 0.2) is 60.7 Å². The molecule has 2 aromatic carbocycles. The second-order valence-corrected chi connectivity index (χ2v) is 6.09. The molecule has 1 heterocycles. The van der Waals surface area contributed by atoms with Crippen LogP contribution in [-0.2, 0) is 14.2 Å². The van der Waals surface area contributed by atoms with Crippen molar-refractivity contribution >= 4 is 0 Å². The summed E-state index contributed by atoms with van der Waals surface area (Å²) in [6.45, 7) is 1.25. The van der Waals surface area contributed by atoms with Gasteiger partial charge in [-0.1, -0.05) is 60.7 Å². The molecule has 1 aliphatic heterocycles. The molecule has 0 amide bonds. The average molecular weight is 327 g/mol. The minimum atomic E-state index is -0.613. The van der Waals surface area contributed by atoms with Gasteiger partial charge in [0.1, 0.15) is 0 Å².